The van der Waals surface area contributed by atoms with Crippen LogP contribution in [0.2, 0.25) is 0 Å². The van der Waals surface area contributed by atoms with Gasteiger partial charge in [0.15, 0.2) is 11.5 Å². The monoisotopic (exact) mass is 416 g/mol. The molecule has 2 aromatic carbocycles. The van der Waals surface area contributed by atoms with E-state index in [2.05, 4.69) is 0 Å². The average molecular weight is 416 g/mol. The van der Waals surface area contributed by atoms with Crippen LogP contribution in [0.4, 0.5) is 0 Å². The molecule has 0 radical (unpaired) electrons. The van der Waals surface area contributed by atoms with Crippen LogP contribution in [0.15, 0.2) is 42.5 Å². The van der Waals surface area contributed by atoms with E-state index >= 15 is 0 Å². The summed E-state index contributed by atoms with van der Waals surface area (Å²) in [5, 5.41) is 0. The number of benzene rings is 2. The van der Waals surface area contributed by atoms with Gasteiger partial charge in [0.25, 0.3) is 0 Å². The molecule has 30 heavy (non-hydrogen) atoms. The molecule has 0 saturated heterocycles. The summed E-state index contributed by atoms with van der Waals surface area (Å²) in [4.78, 5) is 10.9. The van der Waals surface area contributed by atoms with Crippen LogP contribution in [0.3, 0.4) is 0 Å². The highest BCUT2D eigenvalue weighted by Gasteiger charge is 2.09. The van der Waals surface area contributed by atoms with Gasteiger partial charge in [-0.05, 0) is 23.3 Å². The van der Waals surface area contributed by atoms with E-state index in [0.29, 0.717) is 83.1 Å². The van der Waals surface area contributed by atoms with E-state index in [9.17, 15) is 4.79 Å². The molecule has 0 fully saturated rings. The van der Waals surface area contributed by atoms with Gasteiger partial charge in [0.2, 0.25) is 0 Å². The van der Waals surface area contributed by atoms with Crippen LogP contribution < -0.4 is 9.47 Å². The van der Waals surface area contributed by atoms with E-state index < -0.39 is 0 Å². The van der Waals surface area contributed by atoms with Crippen LogP contribution in [0, 0.1) is 0 Å². The van der Waals surface area contributed by atoms with Crippen LogP contribution in [0.5, 0.6) is 11.5 Å². The molecule has 0 bridgehead atoms. The molecule has 1 heterocycles. The SMILES string of the molecule is O=Cc1ccc(-c2ccc3c(c2)OCCOCCOCCOCCOCCO3)cc1. The number of carbonyl (C=O) groups is 1. The fourth-order valence-corrected chi connectivity index (χ4v) is 2.86. The molecular weight excluding hydrogens is 388 g/mol. The maximum Gasteiger partial charge on any atom is 0.161 e. The first-order chi connectivity index (χ1) is 14.9. The Morgan fingerprint density at radius 3 is 1.53 bits per heavy atom. The second-order valence-electron chi connectivity index (χ2n) is 6.55. The summed E-state index contributed by atoms with van der Waals surface area (Å²) in [6, 6.07) is 13.2. The molecule has 0 amide bonds. The van der Waals surface area contributed by atoms with E-state index in [4.69, 9.17) is 28.4 Å². The van der Waals surface area contributed by atoms with E-state index in [1.54, 1.807) is 12.1 Å². The third-order valence-electron chi connectivity index (χ3n) is 4.41. The molecule has 3 rings (SSSR count). The second kappa shape index (κ2) is 13.0. The van der Waals surface area contributed by atoms with E-state index in [1.165, 1.54) is 0 Å². The second-order valence-corrected chi connectivity index (χ2v) is 6.55. The number of fused-ring (bicyclic) bond motifs is 1. The molecule has 0 spiro atoms. The molecule has 0 unspecified atom stereocenters. The predicted molar refractivity (Wildman–Crippen MR) is 112 cm³/mol. The third-order valence-corrected chi connectivity index (χ3v) is 4.41. The smallest absolute Gasteiger partial charge is 0.161 e. The lowest BCUT2D eigenvalue weighted by Gasteiger charge is -2.15. The summed E-state index contributed by atoms with van der Waals surface area (Å²) in [7, 11) is 0. The largest absolute Gasteiger partial charge is 0.487 e. The molecule has 0 saturated carbocycles. The number of ether oxygens (including phenoxy) is 6. The van der Waals surface area contributed by atoms with Gasteiger partial charge in [-0.15, -0.1) is 0 Å². The number of carbonyl (C=O) groups excluding carboxylic acids is 1. The van der Waals surface area contributed by atoms with Gasteiger partial charge in [-0.25, -0.2) is 0 Å². The molecule has 162 valence electrons. The van der Waals surface area contributed by atoms with Gasteiger partial charge >= 0.3 is 0 Å². The lowest BCUT2D eigenvalue weighted by atomic mass is 10.0. The molecule has 0 atom stereocenters. The molecule has 2 aromatic rings. The Hall–Kier alpha value is -2.45. The quantitative estimate of drug-likeness (QED) is 0.697. The van der Waals surface area contributed by atoms with Crippen molar-refractivity contribution in [2.75, 3.05) is 66.1 Å². The minimum atomic E-state index is 0.392. The molecule has 0 aliphatic carbocycles. The lowest BCUT2D eigenvalue weighted by molar-refractivity contribution is -0.00841. The first kappa shape index (κ1) is 22.2. The first-order valence-corrected chi connectivity index (χ1v) is 10.1. The fourth-order valence-electron chi connectivity index (χ4n) is 2.86. The molecular formula is C23H28O7. The highest BCUT2D eigenvalue weighted by Crippen LogP contribution is 2.33. The topological polar surface area (TPSA) is 72.5 Å². The number of hydrogen-bond acceptors (Lipinski definition) is 7. The Morgan fingerprint density at radius 2 is 1.00 bits per heavy atom. The normalized spacial score (nSPS) is 17.5. The average Bonchev–Trinajstić information content (AvgIpc) is 2.79. The molecule has 1 aliphatic rings. The maximum absolute atomic E-state index is 10.9. The zero-order chi connectivity index (χ0) is 20.9. The van der Waals surface area contributed by atoms with Gasteiger partial charge in [-0.1, -0.05) is 30.3 Å². The Morgan fingerprint density at radius 1 is 0.533 bits per heavy atom. The van der Waals surface area contributed by atoms with Crippen molar-refractivity contribution in [2.45, 2.75) is 0 Å². The van der Waals surface area contributed by atoms with Gasteiger partial charge in [0, 0.05) is 5.56 Å². The standard InChI is InChI=1S/C23H28O7/c24-18-19-1-3-20(4-2-19)21-5-6-22-23(17-21)30-16-14-28-12-10-26-8-7-25-9-11-27-13-15-29-22/h1-6,17-18H,7-16H2. The summed E-state index contributed by atoms with van der Waals surface area (Å²) < 4.78 is 33.8. The maximum atomic E-state index is 10.9. The van der Waals surface area contributed by atoms with Crippen LogP contribution in [-0.2, 0) is 18.9 Å². The zero-order valence-electron chi connectivity index (χ0n) is 17.0. The van der Waals surface area contributed by atoms with Gasteiger partial charge in [0.1, 0.15) is 19.5 Å². The van der Waals surface area contributed by atoms with Crippen LogP contribution in [0.1, 0.15) is 10.4 Å². The van der Waals surface area contributed by atoms with Gasteiger partial charge in [-0.3, -0.25) is 4.79 Å². The minimum absolute atomic E-state index is 0.392. The molecule has 0 aromatic heterocycles. The molecule has 7 heteroatoms. The summed E-state index contributed by atoms with van der Waals surface area (Å²) in [6.07, 6.45) is 0.831. The predicted octanol–water partition coefficient (Wildman–Crippen LogP) is 3.00. The summed E-state index contributed by atoms with van der Waals surface area (Å²) in [5.74, 6) is 1.28. The molecule has 1 aliphatic heterocycles. The van der Waals surface area contributed by atoms with Crippen molar-refractivity contribution in [1.29, 1.82) is 0 Å². The van der Waals surface area contributed by atoms with Crippen molar-refractivity contribution in [3.05, 3.63) is 48.0 Å². The van der Waals surface area contributed by atoms with Crippen LogP contribution in [0.25, 0.3) is 11.1 Å². The zero-order valence-corrected chi connectivity index (χ0v) is 17.0. The fraction of sp³-hybridized carbons (Fsp3) is 0.435. The van der Waals surface area contributed by atoms with Crippen molar-refractivity contribution in [3.63, 3.8) is 0 Å². The van der Waals surface area contributed by atoms with Crippen LogP contribution in [-0.4, -0.2) is 72.4 Å². The van der Waals surface area contributed by atoms with Gasteiger partial charge < -0.3 is 28.4 Å². The summed E-state index contributed by atoms with van der Waals surface area (Å²) >= 11 is 0. The summed E-state index contributed by atoms with van der Waals surface area (Å²) in [6.45, 7) is 4.81. The van der Waals surface area contributed by atoms with Crippen molar-refractivity contribution < 1.29 is 33.2 Å². The Kier molecular flexibility index (Phi) is 9.62. The molecule has 0 N–H and O–H groups in total. The Labute approximate surface area is 176 Å². The van der Waals surface area contributed by atoms with E-state index in [1.807, 2.05) is 30.3 Å². The van der Waals surface area contributed by atoms with Crippen molar-refractivity contribution in [1.82, 2.24) is 0 Å². The molecule has 7 nitrogen and oxygen atoms in total. The Balaban J connectivity index is 1.67. The first-order valence-electron chi connectivity index (χ1n) is 10.1. The minimum Gasteiger partial charge on any atom is -0.487 e. The summed E-state index contributed by atoms with van der Waals surface area (Å²) in [5.41, 5.74) is 2.60. The van der Waals surface area contributed by atoms with Crippen molar-refractivity contribution in [3.8, 4) is 22.6 Å². The van der Waals surface area contributed by atoms with Crippen molar-refractivity contribution >= 4 is 6.29 Å². The highest BCUT2D eigenvalue weighted by atomic mass is 16.6. The number of hydrogen-bond donors (Lipinski definition) is 0. The van der Waals surface area contributed by atoms with Gasteiger partial charge in [-0.2, -0.15) is 0 Å². The number of aldehydes is 1. The number of rotatable bonds is 2. The Bertz CT molecular complexity index is 761. The van der Waals surface area contributed by atoms with E-state index in [0.717, 1.165) is 17.4 Å². The van der Waals surface area contributed by atoms with Gasteiger partial charge in [0.05, 0.1) is 52.9 Å². The van der Waals surface area contributed by atoms with Crippen molar-refractivity contribution in [2.24, 2.45) is 0 Å². The van der Waals surface area contributed by atoms with Crippen LogP contribution >= 0.6 is 0 Å². The third kappa shape index (κ3) is 7.42. The van der Waals surface area contributed by atoms with E-state index in [-0.39, 0.29) is 0 Å². The highest BCUT2D eigenvalue weighted by molar-refractivity contribution is 5.77. The lowest BCUT2D eigenvalue weighted by Crippen LogP contribution is -2.16.